The second kappa shape index (κ2) is 5.05. The van der Waals surface area contributed by atoms with Crippen molar-refractivity contribution >= 4 is 0 Å². The van der Waals surface area contributed by atoms with Gasteiger partial charge in [-0.2, -0.15) is 4.98 Å². The molecule has 0 aliphatic rings. The van der Waals surface area contributed by atoms with E-state index in [4.69, 9.17) is 4.52 Å². The Morgan fingerprint density at radius 2 is 2.24 bits per heavy atom. The first-order valence-corrected chi connectivity index (χ1v) is 5.50. The van der Waals surface area contributed by atoms with Crippen molar-refractivity contribution in [3.8, 4) is 11.5 Å². The SMILES string of the molecule is CCNCc1noc(-c2ccc(F)c(C)c2)n1. The first-order valence-electron chi connectivity index (χ1n) is 5.50. The molecule has 1 aromatic heterocycles. The summed E-state index contributed by atoms with van der Waals surface area (Å²) in [5.74, 6) is 0.783. The van der Waals surface area contributed by atoms with Crippen molar-refractivity contribution in [3.05, 3.63) is 35.4 Å². The number of hydrogen-bond donors (Lipinski definition) is 1. The molecule has 2 rings (SSSR count). The highest BCUT2D eigenvalue weighted by Crippen LogP contribution is 2.19. The van der Waals surface area contributed by atoms with E-state index >= 15 is 0 Å². The molecule has 0 bridgehead atoms. The average molecular weight is 235 g/mol. The minimum Gasteiger partial charge on any atom is -0.334 e. The van der Waals surface area contributed by atoms with E-state index in [1.807, 2.05) is 6.92 Å². The Hall–Kier alpha value is -1.75. The zero-order valence-electron chi connectivity index (χ0n) is 9.83. The summed E-state index contributed by atoms with van der Waals surface area (Å²) in [5, 5.41) is 6.94. The molecule has 0 unspecified atom stereocenters. The minimum atomic E-state index is -0.235. The first kappa shape index (κ1) is 11.7. The molecule has 0 fully saturated rings. The lowest BCUT2D eigenvalue weighted by Gasteiger charge is -1.97. The molecule has 0 spiro atoms. The van der Waals surface area contributed by atoms with Crippen molar-refractivity contribution in [2.45, 2.75) is 20.4 Å². The number of aromatic nitrogens is 2. The first-order chi connectivity index (χ1) is 8.20. The van der Waals surface area contributed by atoms with Gasteiger partial charge < -0.3 is 9.84 Å². The molecule has 1 N–H and O–H groups in total. The number of benzene rings is 1. The number of nitrogens with zero attached hydrogens (tertiary/aromatic N) is 2. The normalized spacial score (nSPS) is 10.8. The zero-order valence-corrected chi connectivity index (χ0v) is 9.83. The largest absolute Gasteiger partial charge is 0.334 e. The topological polar surface area (TPSA) is 51.0 Å². The van der Waals surface area contributed by atoms with Gasteiger partial charge in [0.05, 0.1) is 6.54 Å². The second-order valence-electron chi connectivity index (χ2n) is 3.76. The maximum absolute atomic E-state index is 13.1. The molecule has 17 heavy (non-hydrogen) atoms. The molecule has 1 aromatic carbocycles. The fourth-order valence-electron chi connectivity index (χ4n) is 1.46. The van der Waals surface area contributed by atoms with Gasteiger partial charge in [-0.1, -0.05) is 12.1 Å². The van der Waals surface area contributed by atoms with Crippen LogP contribution in [0.2, 0.25) is 0 Å². The number of rotatable bonds is 4. The third-order valence-electron chi connectivity index (χ3n) is 2.41. The molecule has 4 nitrogen and oxygen atoms in total. The molecular weight excluding hydrogens is 221 g/mol. The Labute approximate surface area is 98.8 Å². The highest BCUT2D eigenvalue weighted by molar-refractivity contribution is 5.54. The zero-order chi connectivity index (χ0) is 12.3. The molecule has 1 heterocycles. The summed E-state index contributed by atoms with van der Waals surface area (Å²) < 4.78 is 18.2. The van der Waals surface area contributed by atoms with Crippen LogP contribution in [0.4, 0.5) is 4.39 Å². The van der Waals surface area contributed by atoms with E-state index in [1.165, 1.54) is 6.07 Å². The van der Waals surface area contributed by atoms with Crippen LogP contribution >= 0.6 is 0 Å². The quantitative estimate of drug-likeness (QED) is 0.883. The lowest BCUT2D eigenvalue weighted by atomic mass is 10.1. The highest BCUT2D eigenvalue weighted by atomic mass is 19.1. The van der Waals surface area contributed by atoms with Crippen LogP contribution in [-0.2, 0) is 6.54 Å². The summed E-state index contributed by atoms with van der Waals surface area (Å²) in [4.78, 5) is 4.23. The maximum Gasteiger partial charge on any atom is 0.257 e. The molecule has 0 aliphatic carbocycles. The van der Waals surface area contributed by atoms with Gasteiger partial charge in [0, 0.05) is 5.56 Å². The van der Waals surface area contributed by atoms with Crippen molar-refractivity contribution in [1.82, 2.24) is 15.5 Å². The van der Waals surface area contributed by atoms with Gasteiger partial charge in [-0.3, -0.25) is 0 Å². The molecule has 5 heteroatoms. The van der Waals surface area contributed by atoms with Gasteiger partial charge in [-0.25, -0.2) is 4.39 Å². The number of halogens is 1. The van der Waals surface area contributed by atoms with Gasteiger partial charge in [0.2, 0.25) is 0 Å². The molecule has 0 saturated carbocycles. The molecule has 0 saturated heterocycles. The Kier molecular flexibility index (Phi) is 3.49. The average Bonchev–Trinajstić information content (AvgIpc) is 2.79. The molecule has 0 aliphatic heterocycles. The molecule has 0 atom stereocenters. The Morgan fingerprint density at radius 3 is 2.94 bits per heavy atom. The van der Waals surface area contributed by atoms with E-state index in [2.05, 4.69) is 15.5 Å². The molecule has 2 aromatic rings. The summed E-state index contributed by atoms with van der Waals surface area (Å²) in [5.41, 5.74) is 1.30. The van der Waals surface area contributed by atoms with Crippen LogP contribution in [-0.4, -0.2) is 16.7 Å². The van der Waals surface area contributed by atoms with E-state index in [0.717, 1.165) is 12.1 Å². The minimum absolute atomic E-state index is 0.235. The standard InChI is InChI=1S/C12H14FN3O/c1-3-14-7-11-15-12(17-16-11)9-4-5-10(13)8(2)6-9/h4-6,14H,3,7H2,1-2H3. The van der Waals surface area contributed by atoms with Crippen molar-refractivity contribution in [2.75, 3.05) is 6.54 Å². The van der Waals surface area contributed by atoms with Crippen LogP contribution in [0.25, 0.3) is 11.5 Å². The predicted octanol–water partition coefficient (Wildman–Crippen LogP) is 2.29. The third kappa shape index (κ3) is 2.68. The van der Waals surface area contributed by atoms with Crippen molar-refractivity contribution in [2.24, 2.45) is 0 Å². The van der Waals surface area contributed by atoms with E-state index in [1.54, 1.807) is 19.1 Å². The van der Waals surface area contributed by atoms with Crippen molar-refractivity contribution < 1.29 is 8.91 Å². The van der Waals surface area contributed by atoms with Gasteiger partial charge in [-0.05, 0) is 37.2 Å². The fourth-order valence-corrected chi connectivity index (χ4v) is 1.46. The molecular formula is C12H14FN3O. The lowest BCUT2D eigenvalue weighted by Crippen LogP contribution is -2.12. The van der Waals surface area contributed by atoms with Gasteiger partial charge in [0.1, 0.15) is 5.82 Å². The van der Waals surface area contributed by atoms with E-state index in [9.17, 15) is 4.39 Å². The Morgan fingerprint density at radius 1 is 1.41 bits per heavy atom. The number of hydrogen-bond acceptors (Lipinski definition) is 4. The third-order valence-corrected chi connectivity index (χ3v) is 2.41. The molecule has 0 amide bonds. The summed E-state index contributed by atoms with van der Waals surface area (Å²) in [7, 11) is 0. The van der Waals surface area contributed by atoms with Crippen molar-refractivity contribution in [3.63, 3.8) is 0 Å². The Balaban J connectivity index is 2.21. The molecule has 90 valence electrons. The summed E-state index contributed by atoms with van der Waals surface area (Å²) in [6.45, 7) is 5.12. The summed E-state index contributed by atoms with van der Waals surface area (Å²) in [6, 6.07) is 4.73. The monoisotopic (exact) mass is 235 g/mol. The van der Waals surface area contributed by atoms with Gasteiger partial charge >= 0.3 is 0 Å². The predicted molar refractivity (Wildman–Crippen MR) is 61.8 cm³/mol. The van der Waals surface area contributed by atoms with Crippen LogP contribution in [0.1, 0.15) is 18.3 Å². The van der Waals surface area contributed by atoms with E-state index in [0.29, 0.717) is 23.8 Å². The van der Waals surface area contributed by atoms with Crippen LogP contribution in [0.5, 0.6) is 0 Å². The Bertz CT molecular complexity index is 510. The van der Waals surface area contributed by atoms with E-state index in [-0.39, 0.29) is 5.82 Å². The highest BCUT2D eigenvalue weighted by Gasteiger charge is 2.09. The smallest absolute Gasteiger partial charge is 0.257 e. The number of nitrogens with one attached hydrogen (secondary N) is 1. The van der Waals surface area contributed by atoms with Crippen LogP contribution in [0.3, 0.4) is 0 Å². The van der Waals surface area contributed by atoms with Crippen LogP contribution in [0, 0.1) is 12.7 Å². The van der Waals surface area contributed by atoms with Crippen LogP contribution in [0.15, 0.2) is 22.7 Å². The number of aryl methyl sites for hydroxylation is 1. The summed E-state index contributed by atoms with van der Waals surface area (Å²) >= 11 is 0. The fraction of sp³-hybridized carbons (Fsp3) is 0.333. The lowest BCUT2D eigenvalue weighted by molar-refractivity contribution is 0.419. The maximum atomic E-state index is 13.1. The van der Waals surface area contributed by atoms with Gasteiger partial charge in [0.25, 0.3) is 5.89 Å². The summed E-state index contributed by atoms with van der Waals surface area (Å²) in [6.07, 6.45) is 0. The van der Waals surface area contributed by atoms with E-state index < -0.39 is 0 Å². The van der Waals surface area contributed by atoms with Crippen molar-refractivity contribution in [1.29, 1.82) is 0 Å². The van der Waals surface area contributed by atoms with Gasteiger partial charge in [-0.15, -0.1) is 0 Å². The van der Waals surface area contributed by atoms with Gasteiger partial charge in [0.15, 0.2) is 5.82 Å². The second-order valence-corrected chi connectivity index (χ2v) is 3.76. The molecule has 0 radical (unpaired) electrons. The van der Waals surface area contributed by atoms with Crippen LogP contribution < -0.4 is 5.32 Å².